The van der Waals surface area contributed by atoms with Gasteiger partial charge < -0.3 is 19.5 Å². The van der Waals surface area contributed by atoms with Crippen molar-refractivity contribution < 1.29 is 36.2 Å². The number of anilines is 1. The molecular weight excluding hydrogens is 714 g/mol. The predicted octanol–water partition coefficient (Wildman–Crippen LogP) is 4.75. The van der Waals surface area contributed by atoms with E-state index in [0.29, 0.717) is 55.4 Å². The number of benzene rings is 2. The van der Waals surface area contributed by atoms with Crippen molar-refractivity contribution in [2.75, 3.05) is 57.7 Å². The summed E-state index contributed by atoms with van der Waals surface area (Å²) in [5.41, 5.74) is 1.32. The highest BCUT2D eigenvalue weighted by Crippen LogP contribution is 2.49. The van der Waals surface area contributed by atoms with Crippen LogP contribution in [0.2, 0.25) is 5.02 Å². The number of nitrogens with one attached hydrogen (secondary N) is 1. The summed E-state index contributed by atoms with van der Waals surface area (Å²) in [5.74, 6) is -1.23. The highest BCUT2D eigenvalue weighted by atomic mass is 35.5. The number of halogens is 1. The predicted molar refractivity (Wildman–Crippen MR) is 199 cm³/mol. The number of nitrogens with zero attached hydrogens (tertiary/aromatic N) is 2. The summed E-state index contributed by atoms with van der Waals surface area (Å²) in [6.07, 6.45) is 5.28. The van der Waals surface area contributed by atoms with Gasteiger partial charge in [-0.3, -0.25) is 4.79 Å². The Balaban J connectivity index is 1.42. The number of fused-ring (bicyclic) bond motifs is 4. The average Bonchev–Trinajstić information content (AvgIpc) is 3.20. The molecule has 0 aromatic heterocycles. The van der Waals surface area contributed by atoms with Gasteiger partial charge in [-0.15, -0.1) is 0 Å². The number of hydrogen-bond donors (Lipinski definition) is 2. The van der Waals surface area contributed by atoms with Crippen LogP contribution in [0.5, 0.6) is 5.75 Å². The van der Waals surface area contributed by atoms with Gasteiger partial charge in [0, 0.05) is 49.8 Å². The lowest BCUT2D eigenvalue weighted by Gasteiger charge is -2.50. The number of sulfonamides is 2. The summed E-state index contributed by atoms with van der Waals surface area (Å²) in [4.78, 5) is 15.8. The summed E-state index contributed by atoms with van der Waals surface area (Å²) in [7, 11) is -4.89. The number of methoxy groups -OCH3 is 1. The Morgan fingerprint density at radius 2 is 1.90 bits per heavy atom. The van der Waals surface area contributed by atoms with Crippen LogP contribution >= 0.6 is 11.6 Å². The highest BCUT2D eigenvalue weighted by Gasteiger charge is 2.51. The van der Waals surface area contributed by atoms with E-state index in [4.69, 9.17) is 21.1 Å². The second-order valence-corrected chi connectivity index (χ2v) is 20.0. The molecule has 2 aliphatic heterocycles. The highest BCUT2D eigenvalue weighted by molar-refractivity contribution is 7.90. The molecule has 2 aromatic carbocycles. The Bertz CT molecular complexity index is 1840. The molecule has 2 aromatic rings. The fraction of sp³-hybridized carbons (Fsp3) is 0.649. The summed E-state index contributed by atoms with van der Waals surface area (Å²) < 4.78 is 69.6. The van der Waals surface area contributed by atoms with Gasteiger partial charge in [-0.1, -0.05) is 31.0 Å². The fourth-order valence-corrected chi connectivity index (χ4v) is 11.8. The van der Waals surface area contributed by atoms with Crippen LogP contribution in [-0.4, -0.2) is 95.8 Å². The maximum atomic E-state index is 13.7. The molecular formula is C37H52ClN3O8S2. The first-order valence-electron chi connectivity index (χ1n) is 18.1. The van der Waals surface area contributed by atoms with E-state index in [-0.39, 0.29) is 42.9 Å². The van der Waals surface area contributed by atoms with E-state index in [1.807, 2.05) is 19.1 Å². The molecule has 1 spiro atoms. The third kappa shape index (κ3) is 7.80. The van der Waals surface area contributed by atoms with E-state index in [2.05, 4.69) is 15.7 Å². The number of aryl methyl sites for hydroxylation is 1. The van der Waals surface area contributed by atoms with E-state index in [9.17, 15) is 26.7 Å². The van der Waals surface area contributed by atoms with Gasteiger partial charge >= 0.3 is 0 Å². The van der Waals surface area contributed by atoms with Gasteiger partial charge in [-0.05, 0) is 111 Å². The molecule has 282 valence electrons. The molecule has 4 aliphatic rings. The van der Waals surface area contributed by atoms with Crippen LogP contribution in [-0.2, 0) is 36.6 Å². The van der Waals surface area contributed by atoms with Gasteiger partial charge in [0.05, 0.1) is 35.5 Å². The van der Waals surface area contributed by atoms with E-state index in [1.54, 1.807) is 25.1 Å². The lowest BCUT2D eigenvalue weighted by molar-refractivity contribution is -0.0724. The molecule has 1 fully saturated rings. The van der Waals surface area contributed by atoms with Crippen LogP contribution in [0.25, 0.3) is 0 Å². The zero-order chi connectivity index (χ0) is 36.8. The number of hydrogen-bond acceptors (Lipinski definition) is 9. The summed E-state index contributed by atoms with van der Waals surface area (Å²) in [5, 5.41) is 12.3. The molecule has 0 saturated heterocycles. The Morgan fingerprint density at radius 1 is 1.12 bits per heavy atom. The summed E-state index contributed by atoms with van der Waals surface area (Å²) in [6.45, 7) is 5.26. The molecule has 1 amide bonds. The van der Waals surface area contributed by atoms with Crippen LogP contribution in [0.3, 0.4) is 0 Å². The van der Waals surface area contributed by atoms with Gasteiger partial charge in [0.15, 0.2) is 0 Å². The Kier molecular flexibility index (Phi) is 11.1. The summed E-state index contributed by atoms with van der Waals surface area (Å²) in [6, 6.07) is 11.1. The van der Waals surface area contributed by atoms with Gasteiger partial charge in [0.2, 0.25) is 20.0 Å². The number of aliphatic hydroxyl groups is 1. The lowest BCUT2D eigenvalue weighted by atomic mass is 9.63. The van der Waals surface area contributed by atoms with Crippen LogP contribution < -0.4 is 14.4 Å². The number of carbonyl (C=O) groups is 1. The van der Waals surface area contributed by atoms with Crippen molar-refractivity contribution >= 4 is 43.2 Å². The minimum atomic E-state index is -4.06. The molecule has 1 saturated carbocycles. The van der Waals surface area contributed by atoms with Gasteiger partial charge in [0.1, 0.15) is 5.75 Å². The number of ether oxygens (including phenoxy) is 2. The zero-order valence-corrected chi connectivity index (χ0v) is 32.5. The molecule has 51 heavy (non-hydrogen) atoms. The van der Waals surface area contributed by atoms with Gasteiger partial charge in [-0.2, -0.15) is 0 Å². The standard InChI is InChI=1S/C37H52ClN3O8S2/c1-25-7-5-16-37(43,24-50(44,45)40(3)17-18-48-4)32-12-9-29(32)21-41-22-36(15-6-8-27-19-30(38)11-13-31(27)36)23-49-34-14-10-28(20-33(34)41)35(42)39-51(46,47)26(25)2/h10-11,13-14,19-20,25-26,29,32,43H,5-9,12,15-18,21-24H2,1-4H3,(H,39,42)/t25-,26+,29-,32+,36-,37+/m0/s1. The molecule has 6 rings (SSSR count). The zero-order valence-electron chi connectivity index (χ0n) is 30.1. The van der Waals surface area contributed by atoms with Crippen molar-refractivity contribution in [1.29, 1.82) is 0 Å². The van der Waals surface area contributed by atoms with Crippen molar-refractivity contribution in [3.05, 3.63) is 58.1 Å². The molecule has 14 heteroatoms. The molecule has 2 aliphatic carbocycles. The topological polar surface area (TPSA) is 143 Å². The first-order chi connectivity index (χ1) is 24.1. The fourth-order valence-electron chi connectivity index (χ4n) is 8.73. The van der Waals surface area contributed by atoms with E-state index in [1.165, 1.54) is 29.6 Å². The molecule has 0 unspecified atom stereocenters. The Morgan fingerprint density at radius 3 is 2.63 bits per heavy atom. The van der Waals surface area contributed by atoms with Crippen molar-refractivity contribution in [3.8, 4) is 5.75 Å². The quantitative estimate of drug-likeness (QED) is 0.427. The molecule has 2 heterocycles. The minimum Gasteiger partial charge on any atom is -0.490 e. The number of rotatable bonds is 6. The van der Waals surface area contributed by atoms with Crippen molar-refractivity contribution in [1.82, 2.24) is 9.03 Å². The Hall–Kier alpha value is -2.42. The first-order valence-corrected chi connectivity index (χ1v) is 21.6. The molecule has 2 bridgehead atoms. The first kappa shape index (κ1) is 38.3. The third-order valence-electron chi connectivity index (χ3n) is 12.2. The number of amides is 1. The molecule has 0 radical (unpaired) electrons. The average molecular weight is 766 g/mol. The largest absolute Gasteiger partial charge is 0.490 e. The number of carbonyl (C=O) groups excluding carboxylic acids is 1. The second-order valence-electron chi connectivity index (χ2n) is 15.5. The van der Waals surface area contributed by atoms with Crippen molar-refractivity contribution in [2.24, 2.45) is 17.8 Å². The minimum absolute atomic E-state index is 0.0344. The maximum absolute atomic E-state index is 13.7. The smallest absolute Gasteiger partial charge is 0.264 e. The molecule has 6 atom stereocenters. The second kappa shape index (κ2) is 14.8. The monoisotopic (exact) mass is 765 g/mol. The van der Waals surface area contributed by atoms with E-state index in [0.717, 1.165) is 25.7 Å². The molecule has 11 nitrogen and oxygen atoms in total. The van der Waals surface area contributed by atoms with Gasteiger partial charge in [-0.25, -0.2) is 25.9 Å². The van der Waals surface area contributed by atoms with Crippen LogP contribution in [0.4, 0.5) is 5.69 Å². The maximum Gasteiger partial charge on any atom is 0.264 e. The third-order valence-corrected chi connectivity index (χ3v) is 16.3. The van der Waals surface area contributed by atoms with Crippen LogP contribution in [0.15, 0.2) is 36.4 Å². The number of likely N-dealkylation sites (N-methyl/N-ethyl adjacent to an activating group) is 1. The van der Waals surface area contributed by atoms with Gasteiger partial charge in [0.25, 0.3) is 5.91 Å². The van der Waals surface area contributed by atoms with E-state index < -0.39 is 48.0 Å². The van der Waals surface area contributed by atoms with Crippen LogP contribution in [0, 0.1) is 17.8 Å². The normalized spacial score (nSPS) is 31.1. The SMILES string of the molecule is COCCN(C)S(=O)(=O)C[C@]1(O)CCC[C@H](C)[C@@H](C)S(=O)(=O)NC(=O)c2ccc3c(c2)N(C[C@@H]2CC[C@H]21)C[C@@]1(CCCc2cc(Cl)ccc21)CO3. The van der Waals surface area contributed by atoms with Crippen molar-refractivity contribution in [3.63, 3.8) is 0 Å². The summed E-state index contributed by atoms with van der Waals surface area (Å²) >= 11 is 6.43. The van der Waals surface area contributed by atoms with E-state index >= 15 is 0 Å². The Labute approximate surface area is 308 Å². The molecule has 2 N–H and O–H groups in total. The lowest BCUT2D eigenvalue weighted by Crippen LogP contribution is -2.56. The van der Waals surface area contributed by atoms with Crippen molar-refractivity contribution in [2.45, 2.75) is 81.5 Å². The van der Waals surface area contributed by atoms with Crippen LogP contribution in [0.1, 0.15) is 80.3 Å².